The largest absolute Gasteiger partial charge is 0.768 e. The van der Waals surface area contributed by atoms with E-state index in [4.69, 9.17) is 11.6 Å². The third-order valence-corrected chi connectivity index (χ3v) is 4.97. The molecule has 1 aromatic heterocycles. The molecule has 1 unspecified atom stereocenters. The highest BCUT2D eigenvalue weighted by Crippen LogP contribution is 2.22. The number of carbonyl (C=O) groups excluding carboxylic acids is 3. The van der Waals surface area contributed by atoms with Gasteiger partial charge in [-0.15, -0.1) is 0 Å². The molecule has 0 aliphatic rings. The van der Waals surface area contributed by atoms with Gasteiger partial charge in [0.1, 0.15) is 0 Å². The van der Waals surface area contributed by atoms with E-state index in [0.717, 1.165) is 0 Å². The third-order valence-electron chi connectivity index (χ3n) is 4.02. The predicted molar refractivity (Wildman–Crippen MR) is 111 cm³/mol. The second-order valence-electron chi connectivity index (χ2n) is 5.98. The number of rotatable bonds is 6. The lowest BCUT2D eigenvalue weighted by atomic mass is 10.2. The molecule has 31 heavy (non-hydrogen) atoms. The van der Waals surface area contributed by atoms with Crippen LogP contribution in [0.4, 0.5) is 11.4 Å². The van der Waals surface area contributed by atoms with Gasteiger partial charge in [-0.1, -0.05) is 11.6 Å². The number of aromatic nitrogens is 2. The van der Waals surface area contributed by atoms with E-state index in [2.05, 4.69) is 25.3 Å². The van der Waals surface area contributed by atoms with E-state index in [9.17, 15) is 23.1 Å². The van der Waals surface area contributed by atoms with E-state index in [1.165, 1.54) is 55.9 Å². The molecule has 0 spiro atoms. The highest BCUT2D eigenvalue weighted by Gasteiger charge is 2.21. The van der Waals surface area contributed by atoms with Gasteiger partial charge in [0.15, 0.2) is 11.4 Å². The summed E-state index contributed by atoms with van der Waals surface area (Å²) in [6.07, 6.45) is 1.20. The number of halogens is 1. The van der Waals surface area contributed by atoms with Crippen molar-refractivity contribution >= 4 is 51.8 Å². The first-order valence-electron chi connectivity index (χ1n) is 8.53. The van der Waals surface area contributed by atoms with Crippen LogP contribution in [-0.4, -0.2) is 43.6 Å². The predicted octanol–water partition coefficient (Wildman–Crippen LogP) is 2.59. The van der Waals surface area contributed by atoms with Crippen molar-refractivity contribution in [2.75, 3.05) is 17.7 Å². The SMILES string of the molecule is COC(=O)c1[nH]cnc1C(=O)Nc1ccc(NC(=O)c2ccc(S(=O)[O-])cc2Cl)cc1. The van der Waals surface area contributed by atoms with Crippen LogP contribution in [-0.2, 0) is 15.8 Å². The van der Waals surface area contributed by atoms with Crippen molar-refractivity contribution in [1.82, 2.24) is 9.97 Å². The first-order chi connectivity index (χ1) is 14.8. The molecule has 0 saturated heterocycles. The summed E-state index contributed by atoms with van der Waals surface area (Å²) in [5.74, 6) is -1.89. The quantitative estimate of drug-likeness (QED) is 0.376. The Morgan fingerprint density at radius 2 is 1.68 bits per heavy atom. The molecule has 2 aromatic carbocycles. The van der Waals surface area contributed by atoms with E-state index >= 15 is 0 Å². The molecule has 160 valence electrons. The van der Waals surface area contributed by atoms with Crippen molar-refractivity contribution in [3.8, 4) is 0 Å². The van der Waals surface area contributed by atoms with Gasteiger partial charge in [-0.2, -0.15) is 0 Å². The Morgan fingerprint density at radius 1 is 1.06 bits per heavy atom. The monoisotopic (exact) mass is 461 g/mol. The van der Waals surface area contributed by atoms with Crippen LogP contribution >= 0.6 is 11.6 Å². The van der Waals surface area contributed by atoms with Crippen molar-refractivity contribution in [3.63, 3.8) is 0 Å². The van der Waals surface area contributed by atoms with Gasteiger partial charge in [0, 0.05) is 16.3 Å². The average Bonchev–Trinajstić information content (AvgIpc) is 3.24. The van der Waals surface area contributed by atoms with Crippen LogP contribution in [0.1, 0.15) is 31.3 Å². The molecule has 0 fully saturated rings. The molecule has 12 heteroatoms. The van der Waals surface area contributed by atoms with E-state index < -0.39 is 28.9 Å². The topological polar surface area (TPSA) is 153 Å². The minimum atomic E-state index is -2.46. The zero-order valence-electron chi connectivity index (χ0n) is 15.8. The molecule has 1 heterocycles. The van der Waals surface area contributed by atoms with Crippen LogP contribution in [0, 0.1) is 0 Å². The molecule has 1 atom stereocenters. The normalized spacial score (nSPS) is 11.5. The number of nitrogens with one attached hydrogen (secondary N) is 3. The summed E-state index contributed by atoms with van der Waals surface area (Å²) in [5.41, 5.74) is 0.698. The Hall–Kier alpha value is -3.54. The minimum Gasteiger partial charge on any atom is -0.768 e. The second kappa shape index (κ2) is 9.51. The minimum absolute atomic E-state index is 0.0107. The van der Waals surface area contributed by atoms with Gasteiger partial charge in [0.05, 0.1) is 24.0 Å². The summed E-state index contributed by atoms with van der Waals surface area (Å²) in [6, 6.07) is 9.88. The Balaban J connectivity index is 1.67. The van der Waals surface area contributed by atoms with Crippen LogP contribution in [0.25, 0.3) is 0 Å². The number of carbonyl (C=O) groups is 3. The van der Waals surface area contributed by atoms with Gasteiger partial charge in [-0.05, 0) is 53.5 Å². The molecule has 3 N–H and O–H groups in total. The summed E-state index contributed by atoms with van der Waals surface area (Å²) in [6.45, 7) is 0. The Bertz CT molecular complexity index is 1180. The number of hydrogen-bond donors (Lipinski definition) is 3. The number of nitrogens with zero attached hydrogens (tertiary/aromatic N) is 1. The number of H-pyrrole nitrogens is 1. The highest BCUT2D eigenvalue weighted by atomic mass is 35.5. The van der Waals surface area contributed by atoms with Crippen LogP contribution in [0.2, 0.25) is 5.02 Å². The van der Waals surface area contributed by atoms with Crippen molar-refractivity contribution < 1.29 is 27.9 Å². The molecule has 3 rings (SSSR count). The van der Waals surface area contributed by atoms with Gasteiger partial charge in [0.2, 0.25) is 0 Å². The van der Waals surface area contributed by atoms with E-state index in [1.807, 2.05) is 0 Å². The Kier molecular flexibility index (Phi) is 6.80. The first-order valence-corrected chi connectivity index (χ1v) is 9.98. The Labute approximate surface area is 183 Å². The molecule has 0 radical (unpaired) electrons. The van der Waals surface area contributed by atoms with Gasteiger partial charge < -0.3 is 24.9 Å². The van der Waals surface area contributed by atoms with Crippen LogP contribution < -0.4 is 10.6 Å². The summed E-state index contributed by atoms with van der Waals surface area (Å²) in [5, 5.41) is 5.19. The maximum absolute atomic E-state index is 12.4. The second-order valence-corrected chi connectivity index (χ2v) is 7.33. The number of hydrogen-bond acceptors (Lipinski definition) is 7. The van der Waals surface area contributed by atoms with Crippen LogP contribution in [0.15, 0.2) is 53.7 Å². The van der Waals surface area contributed by atoms with E-state index in [0.29, 0.717) is 11.4 Å². The van der Waals surface area contributed by atoms with Gasteiger partial charge in [-0.3, -0.25) is 13.8 Å². The Morgan fingerprint density at radius 3 is 2.23 bits per heavy atom. The standard InChI is InChI=1S/C19H15ClN4O6S/c1-30-19(27)16-15(21-9-22-16)18(26)24-11-4-2-10(3-5-11)23-17(25)13-7-6-12(31(28)29)8-14(13)20/h2-9H,1H3,(H,21,22)(H,23,25)(H,24,26)(H,28,29)/p-1. The number of imidazole rings is 1. The molecule has 10 nitrogen and oxygen atoms in total. The first kappa shape index (κ1) is 22.2. The average molecular weight is 462 g/mol. The zero-order valence-corrected chi connectivity index (χ0v) is 17.4. The molecule has 3 aromatic rings. The fourth-order valence-electron chi connectivity index (χ4n) is 2.53. The highest BCUT2D eigenvalue weighted by molar-refractivity contribution is 7.79. The van der Waals surface area contributed by atoms with Crippen LogP contribution in [0.5, 0.6) is 0 Å². The third kappa shape index (κ3) is 5.15. The van der Waals surface area contributed by atoms with E-state index in [1.54, 1.807) is 0 Å². The lowest BCUT2D eigenvalue weighted by Gasteiger charge is -2.10. The van der Waals surface area contributed by atoms with Crippen LogP contribution in [0.3, 0.4) is 0 Å². The van der Waals surface area contributed by atoms with Gasteiger partial charge >= 0.3 is 5.97 Å². The number of methoxy groups -OCH3 is 1. The zero-order chi connectivity index (χ0) is 22.5. The van der Waals surface area contributed by atoms with Crippen molar-refractivity contribution in [2.45, 2.75) is 4.90 Å². The number of ether oxygens (including phenoxy) is 1. The number of anilines is 2. The fraction of sp³-hybridized carbons (Fsp3) is 0.0526. The van der Waals surface area contributed by atoms with Gasteiger partial charge in [0.25, 0.3) is 11.8 Å². The van der Waals surface area contributed by atoms with Crippen molar-refractivity contribution in [3.05, 3.63) is 70.8 Å². The summed E-state index contributed by atoms with van der Waals surface area (Å²) in [4.78, 5) is 42.7. The number of amides is 2. The summed E-state index contributed by atoms with van der Waals surface area (Å²) >= 11 is 3.53. The maximum atomic E-state index is 12.4. The van der Waals surface area contributed by atoms with Gasteiger partial charge in [-0.25, -0.2) is 9.78 Å². The lowest BCUT2D eigenvalue weighted by molar-refractivity contribution is 0.0591. The number of esters is 1. The molecular formula is C19H14ClN4O6S-. The molecular weight excluding hydrogens is 448 g/mol. The lowest BCUT2D eigenvalue weighted by Crippen LogP contribution is -2.17. The summed E-state index contributed by atoms with van der Waals surface area (Å²) < 4.78 is 26.5. The molecule has 0 aliphatic carbocycles. The molecule has 0 saturated carbocycles. The maximum Gasteiger partial charge on any atom is 0.356 e. The number of benzene rings is 2. The summed E-state index contributed by atoms with van der Waals surface area (Å²) in [7, 11) is 1.18. The molecule has 0 aliphatic heterocycles. The van der Waals surface area contributed by atoms with Crippen molar-refractivity contribution in [2.24, 2.45) is 0 Å². The number of aromatic amines is 1. The van der Waals surface area contributed by atoms with Crippen molar-refractivity contribution in [1.29, 1.82) is 0 Å². The molecule has 2 amide bonds. The van der Waals surface area contributed by atoms with E-state index in [-0.39, 0.29) is 26.9 Å². The smallest absolute Gasteiger partial charge is 0.356 e. The molecule has 0 bridgehead atoms. The fourth-order valence-corrected chi connectivity index (χ4v) is 3.26.